The molecule has 0 aliphatic carbocycles. The molecule has 1 N–H and O–H groups in total. The molecule has 0 fully saturated rings. The molecule has 0 radical (unpaired) electrons. The summed E-state index contributed by atoms with van der Waals surface area (Å²) >= 11 is 6.32. The number of rotatable bonds is 8. The lowest BCUT2D eigenvalue weighted by Gasteiger charge is -2.24. The maximum atomic E-state index is 12.1. The van der Waals surface area contributed by atoms with Crippen molar-refractivity contribution in [2.75, 3.05) is 5.32 Å². The first kappa shape index (κ1) is 22.3. The number of hydrogen-bond donors (Lipinski definition) is 1. The summed E-state index contributed by atoms with van der Waals surface area (Å²) in [6.45, 7) is 5.48. The van der Waals surface area contributed by atoms with Crippen LogP contribution in [0.5, 0.6) is 0 Å². The lowest BCUT2D eigenvalue weighted by Crippen LogP contribution is -2.28. The lowest BCUT2D eigenvalue weighted by molar-refractivity contribution is -0.149. The highest BCUT2D eigenvalue weighted by Gasteiger charge is 2.29. The molecule has 8 heteroatoms. The van der Waals surface area contributed by atoms with Crippen molar-refractivity contribution in [2.24, 2.45) is 0 Å². The van der Waals surface area contributed by atoms with Crippen LogP contribution in [0, 0.1) is 18.3 Å². The van der Waals surface area contributed by atoms with Crippen molar-refractivity contribution in [3.05, 3.63) is 64.5 Å². The number of aromatic nitrogens is 2. The fourth-order valence-electron chi connectivity index (χ4n) is 3.07. The van der Waals surface area contributed by atoms with Crippen molar-refractivity contribution in [3.8, 4) is 17.5 Å². The Labute approximate surface area is 186 Å². The fourth-order valence-corrected chi connectivity index (χ4v) is 3.28. The number of anilines is 1. The van der Waals surface area contributed by atoms with Gasteiger partial charge in [0.2, 0.25) is 11.8 Å². The van der Waals surface area contributed by atoms with Crippen LogP contribution < -0.4 is 5.32 Å². The number of nitriles is 1. The third-order valence-corrected chi connectivity index (χ3v) is 5.27. The third kappa shape index (κ3) is 5.22. The summed E-state index contributed by atoms with van der Waals surface area (Å²) in [4.78, 5) is 12.1. The molecule has 0 bridgehead atoms. The van der Waals surface area contributed by atoms with E-state index >= 15 is 0 Å². The Morgan fingerprint density at radius 3 is 2.68 bits per heavy atom. The minimum absolute atomic E-state index is 0.274. The number of ether oxygens (including phenoxy) is 1. The zero-order valence-electron chi connectivity index (χ0n) is 17.6. The van der Waals surface area contributed by atoms with Crippen LogP contribution in [0.1, 0.15) is 49.7 Å². The van der Waals surface area contributed by atoms with Gasteiger partial charge in [0.15, 0.2) is 0 Å². The third-order valence-electron chi connectivity index (χ3n) is 4.79. The van der Waals surface area contributed by atoms with E-state index in [0.717, 1.165) is 5.56 Å². The molecule has 0 aliphatic rings. The molecule has 1 aromatic heterocycles. The summed E-state index contributed by atoms with van der Waals surface area (Å²) in [5.41, 5.74) is 2.54. The van der Waals surface area contributed by atoms with Crippen LogP contribution >= 0.6 is 11.6 Å². The molecule has 160 valence electrons. The van der Waals surface area contributed by atoms with Crippen LogP contribution in [-0.2, 0) is 9.53 Å². The van der Waals surface area contributed by atoms with Crippen LogP contribution in [0.4, 0.5) is 5.69 Å². The lowest BCUT2D eigenvalue weighted by atomic mass is 10.1. The Morgan fingerprint density at radius 2 is 2.00 bits per heavy atom. The van der Waals surface area contributed by atoms with E-state index in [-0.39, 0.29) is 11.9 Å². The van der Waals surface area contributed by atoms with E-state index in [2.05, 4.69) is 21.6 Å². The van der Waals surface area contributed by atoms with Gasteiger partial charge in [0.1, 0.15) is 18.2 Å². The zero-order valence-corrected chi connectivity index (χ0v) is 18.3. The van der Waals surface area contributed by atoms with Crippen LogP contribution in [0.2, 0.25) is 5.02 Å². The van der Waals surface area contributed by atoms with E-state index in [4.69, 9.17) is 20.8 Å². The number of halogens is 1. The monoisotopic (exact) mass is 438 g/mol. The summed E-state index contributed by atoms with van der Waals surface area (Å²) < 4.78 is 11.5. The summed E-state index contributed by atoms with van der Waals surface area (Å²) in [6, 6.07) is 14.2. The molecule has 0 amide bonds. The van der Waals surface area contributed by atoms with Gasteiger partial charge in [0, 0.05) is 17.7 Å². The smallest absolute Gasteiger partial charge is 0.306 e. The largest absolute Gasteiger partial charge is 0.460 e. The SMILES string of the molecule is CCCC(=O)OC(C)C(Nc1ccc(C#N)c(Cl)c1C)c1nnc(-c2ccccc2)o1. The first-order chi connectivity index (χ1) is 14.9. The van der Waals surface area contributed by atoms with E-state index in [1.165, 1.54) is 0 Å². The van der Waals surface area contributed by atoms with E-state index < -0.39 is 12.1 Å². The van der Waals surface area contributed by atoms with Crippen molar-refractivity contribution in [1.82, 2.24) is 10.2 Å². The Bertz CT molecular complexity index is 1090. The van der Waals surface area contributed by atoms with Gasteiger partial charge < -0.3 is 14.5 Å². The first-order valence-corrected chi connectivity index (χ1v) is 10.4. The molecule has 2 atom stereocenters. The van der Waals surface area contributed by atoms with Crippen molar-refractivity contribution in [1.29, 1.82) is 5.26 Å². The number of carbonyl (C=O) groups excluding carboxylic acids is 1. The highest BCUT2D eigenvalue weighted by Crippen LogP contribution is 2.32. The van der Waals surface area contributed by atoms with Crippen LogP contribution in [0.3, 0.4) is 0 Å². The molecule has 0 saturated carbocycles. The fraction of sp³-hybridized carbons (Fsp3) is 0.304. The average molecular weight is 439 g/mol. The summed E-state index contributed by atoms with van der Waals surface area (Å²) in [7, 11) is 0. The Kier molecular flexibility index (Phi) is 7.27. The van der Waals surface area contributed by atoms with Crippen molar-refractivity contribution in [3.63, 3.8) is 0 Å². The highest BCUT2D eigenvalue weighted by atomic mass is 35.5. The van der Waals surface area contributed by atoms with E-state index in [1.807, 2.05) is 37.3 Å². The van der Waals surface area contributed by atoms with Gasteiger partial charge in [-0.3, -0.25) is 4.79 Å². The number of hydrogen-bond acceptors (Lipinski definition) is 7. The summed E-state index contributed by atoms with van der Waals surface area (Å²) in [5, 5.41) is 21.2. The quantitative estimate of drug-likeness (QED) is 0.466. The molecule has 3 rings (SSSR count). The average Bonchev–Trinajstić information content (AvgIpc) is 3.25. The standard InChI is InChI=1S/C23H23ClN4O3/c1-4-8-19(29)30-15(3)21(26-18-12-11-17(13-25)20(24)14(18)2)23-28-27-22(31-23)16-9-6-5-7-10-16/h5-7,9-12,15,21,26H,4,8H2,1-3H3. The Morgan fingerprint density at radius 1 is 1.26 bits per heavy atom. The van der Waals surface area contributed by atoms with Crippen LogP contribution in [0.25, 0.3) is 11.5 Å². The van der Waals surface area contributed by atoms with Crippen molar-refractivity contribution < 1.29 is 13.9 Å². The molecule has 2 aromatic carbocycles. The number of nitrogens with zero attached hydrogens (tertiary/aromatic N) is 3. The highest BCUT2D eigenvalue weighted by molar-refractivity contribution is 6.32. The Hall–Kier alpha value is -3.37. The second-order valence-corrected chi connectivity index (χ2v) is 7.47. The van der Waals surface area contributed by atoms with Gasteiger partial charge in [0.25, 0.3) is 0 Å². The topological polar surface area (TPSA) is 101 Å². The van der Waals surface area contributed by atoms with Gasteiger partial charge in [-0.05, 0) is 50.1 Å². The maximum absolute atomic E-state index is 12.1. The molecule has 3 aromatic rings. The predicted molar refractivity (Wildman–Crippen MR) is 117 cm³/mol. The molecule has 0 aliphatic heterocycles. The number of benzene rings is 2. The molecule has 1 heterocycles. The normalized spacial score (nSPS) is 12.6. The van der Waals surface area contributed by atoms with Crippen molar-refractivity contribution >= 4 is 23.3 Å². The van der Waals surface area contributed by atoms with E-state index in [1.54, 1.807) is 26.0 Å². The van der Waals surface area contributed by atoms with Gasteiger partial charge in [-0.1, -0.05) is 36.7 Å². The molecule has 7 nitrogen and oxygen atoms in total. The number of esters is 1. The van der Waals surface area contributed by atoms with Gasteiger partial charge >= 0.3 is 5.97 Å². The number of nitrogens with one attached hydrogen (secondary N) is 1. The molecular weight excluding hydrogens is 416 g/mol. The molecular formula is C23H23ClN4O3. The summed E-state index contributed by atoms with van der Waals surface area (Å²) in [6.07, 6.45) is 0.404. The van der Waals surface area contributed by atoms with Gasteiger partial charge in [0.05, 0.1) is 10.6 Å². The van der Waals surface area contributed by atoms with Gasteiger partial charge in [-0.15, -0.1) is 10.2 Å². The zero-order chi connectivity index (χ0) is 22.4. The predicted octanol–water partition coefficient (Wildman–Crippen LogP) is 5.46. The van der Waals surface area contributed by atoms with Gasteiger partial charge in [-0.2, -0.15) is 5.26 Å². The van der Waals surface area contributed by atoms with Crippen LogP contribution in [-0.4, -0.2) is 22.3 Å². The molecule has 2 unspecified atom stereocenters. The number of carbonyl (C=O) groups is 1. The van der Waals surface area contributed by atoms with E-state index in [9.17, 15) is 10.1 Å². The molecule has 0 saturated heterocycles. The maximum Gasteiger partial charge on any atom is 0.306 e. The van der Waals surface area contributed by atoms with Crippen LogP contribution in [0.15, 0.2) is 46.9 Å². The van der Waals surface area contributed by atoms with Gasteiger partial charge in [-0.25, -0.2) is 0 Å². The molecule has 31 heavy (non-hydrogen) atoms. The minimum Gasteiger partial charge on any atom is -0.460 e. The molecule has 0 spiro atoms. The van der Waals surface area contributed by atoms with E-state index in [0.29, 0.717) is 40.6 Å². The summed E-state index contributed by atoms with van der Waals surface area (Å²) in [5.74, 6) is 0.332. The Balaban J connectivity index is 1.94. The second kappa shape index (κ2) is 10.1. The first-order valence-electron chi connectivity index (χ1n) is 9.98. The minimum atomic E-state index is -0.617. The van der Waals surface area contributed by atoms with Crippen molar-refractivity contribution in [2.45, 2.75) is 45.8 Å². The second-order valence-electron chi connectivity index (χ2n) is 7.09.